The minimum atomic E-state index is -2.02. The number of hydrogen-bond donors (Lipinski definition) is 2. The number of ketones is 1. The Kier molecular flexibility index (Phi) is 5.52. The van der Waals surface area contributed by atoms with E-state index < -0.39 is 29.6 Å². The number of nitrogens with two attached hydrogens (primary N) is 1. The quantitative estimate of drug-likeness (QED) is 0.570. The first-order chi connectivity index (χ1) is 13.4. The summed E-state index contributed by atoms with van der Waals surface area (Å²) >= 11 is 0. The fourth-order valence-electron chi connectivity index (χ4n) is 3.20. The van der Waals surface area contributed by atoms with Crippen molar-refractivity contribution in [3.8, 4) is 0 Å². The zero-order valence-electron chi connectivity index (χ0n) is 15.1. The molecule has 0 aliphatic carbocycles. The lowest BCUT2D eigenvalue weighted by Crippen LogP contribution is -2.44. The minimum Gasteiger partial charge on any atom is -0.375 e. The maximum Gasteiger partial charge on any atom is 0.264 e. The second-order valence-corrected chi connectivity index (χ2v) is 6.51. The molecule has 1 aliphatic heterocycles. The molecule has 1 heterocycles. The molecule has 0 unspecified atom stereocenters. The van der Waals surface area contributed by atoms with Crippen molar-refractivity contribution in [2.24, 2.45) is 5.73 Å². The molecule has 1 atom stereocenters. The molecule has 6 nitrogen and oxygen atoms in total. The van der Waals surface area contributed by atoms with E-state index in [1.54, 1.807) is 36.4 Å². The van der Waals surface area contributed by atoms with E-state index in [0.717, 1.165) is 10.5 Å². The van der Waals surface area contributed by atoms with Crippen LogP contribution in [0.25, 0.3) is 6.08 Å². The van der Waals surface area contributed by atoms with E-state index in [9.17, 15) is 19.5 Å². The molecule has 0 fully saturated rings. The predicted octanol–water partition coefficient (Wildman–Crippen LogP) is 1.93. The van der Waals surface area contributed by atoms with Gasteiger partial charge in [0.2, 0.25) is 5.91 Å². The number of hydrogen-bond acceptors (Lipinski definition) is 4. The van der Waals surface area contributed by atoms with E-state index in [-0.39, 0.29) is 6.54 Å². The van der Waals surface area contributed by atoms with Gasteiger partial charge in [-0.2, -0.15) is 0 Å². The largest absolute Gasteiger partial charge is 0.375 e. The Balaban J connectivity index is 1.76. The molecule has 1 aliphatic rings. The molecule has 0 aromatic heterocycles. The van der Waals surface area contributed by atoms with Crippen molar-refractivity contribution >= 4 is 29.4 Å². The first-order valence-corrected chi connectivity index (χ1v) is 8.76. The van der Waals surface area contributed by atoms with Crippen LogP contribution < -0.4 is 10.6 Å². The molecule has 2 aromatic carbocycles. The predicted molar refractivity (Wildman–Crippen MR) is 106 cm³/mol. The number of nitrogens with zero attached hydrogens (tertiary/aromatic N) is 1. The van der Waals surface area contributed by atoms with Gasteiger partial charge in [-0.05, 0) is 17.7 Å². The van der Waals surface area contributed by atoms with Gasteiger partial charge in [0.1, 0.15) is 6.54 Å². The number of amides is 2. The van der Waals surface area contributed by atoms with Gasteiger partial charge >= 0.3 is 0 Å². The monoisotopic (exact) mass is 376 g/mol. The van der Waals surface area contributed by atoms with Crippen molar-refractivity contribution in [2.45, 2.75) is 12.0 Å². The van der Waals surface area contributed by atoms with Crippen LogP contribution in [0.3, 0.4) is 0 Å². The number of fused-ring (bicyclic) bond motifs is 1. The fourth-order valence-corrected chi connectivity index (χ4v) is 3.20. The second kappa shape index (κ2) is 8.02. The molecule has 0 radical (unpaired) electrons. The van der Waals surface area contributed by atoms with E-state index in [1.807, 2.05) is 36.4 Å². The molecule has 6 heteroatoms. The SMILES string of the molecule is NC(=O)CN1C(=O)[C@@](O)(CC(=O)/C=C\C=C\c2ccccc2)c2ccccc21. The number of benzene rings is 2. The second-order valence-electron chi connectivity index (χ2n) is 6.51. The highest BCUT2D eigenvalue weighted by Gasteiger charge is 2.50. The van der Waals surface area contributed by atoms with E-state index in [2.05, 4.69) is 0 Å². The molecule has 0 bridgehead atoms. The third kappa shape index (κ3) is 3.92. The van der Waals surface area contributed by atoms with Gasteiger partial charge < -0.3 is 10.8 Å². The number of carbonyl (C=O) groups excluding carboxylic acids is 3. The molecule has 142 valence electrons. The summed E-state index contributed by atoms with van der Waals surface area (Å²) in [6, 6.07) is 16.1. The first-order valence-electron chi connectivity index (χ1n) is 8.76. The van der Waals surface area contributed by atoms with Crippen LogP contribution in [0.15, 0.2) is 72.8 Å². The molecule has 2 amide bonds. The molecular formula is C22H20N2O4. The lowest BCUT2D eigenvalue weighted by atomic mass is 9.90. The molecule has 28 heavy (non-hydrogen) atoms. The number of para-hydroxylation sites is 1. The average molecular weight is 376 g/mol. The van der Waals surface area contributed by atoms with Crippen molar-refractivity contribution in [3.05, 3.63) is 84.0 Å². The highest BCUT2D eigenvalue weighted by molar-refractivity contribution is 6.11. The third-order valence-corrected chi connectivity index (χ3v) is 4.46. The Labute approximate surface area is 162 Å². The molecule has 2 aromatic rings. The number of rotatable bonds is 7. The number of primary amides is 1. The smallest absolute Gasteiger partial charge is 0.264 e. The van der Waals surface area contributed by atoms with Crippen LogP contribution in [0, 0.1) is 0 Å². The van der Waals surface area contributed by atoms with Gasteiger partial charge in [0, 0.05) is 5.56 Å². The van der Waals surface area contributed by atoms with Gasteiger partial charge in [-0.15, -0.1) is 0 Å². The van der Waals surface area contributed by atoms with Gasteiger partial charge in [0.05, 0.1) is 12.1 Å². The third-order valence-electron chi connectivity index (χ3n) is 4.46. The number of anilines is 1. The highest BCUT2D eigenvalue weighted by Crippen LogP contribution is 2.42. The zero-order valence-corrected chi connectivity index (χ0v) is 15.1. The summed E-state index contributed by atoms with van der Waals surface area (Å²) in [7, 11) is 0. The van der Waals surface area contributed by atoms with Gasteiger partial charge in [0.25, 0.3) is 5.91 Å². The first kappa shape index (κ1) is 19.3. The Hall–Kier alpha value is -3.51. The molecular weight excluding hydrogens is 356 g/mol. The van der Waals surface area contributed by atoms with E-state index in [0.29, 0.717) is 11.3 Å². The average Bonchev–Trinajstić information content (AvgIpc) is 2.88. The summed E-state index contributed by atoms with van der Waals surface area (Å²) in [6.45, 7) is -0.359. The van der Waals surface area contributed by atoms with Crippen molar-refractivity contribution < 1.29 is 19.5 Å². The zero-order chi connectivity index (χ0) is 20.1. The number of allylic oxidation sites excluding steroid dienone is 3. The summed E-state index contributed by atoms with van der Waals surface area (Å²) in [6.07, 6.45) is 5.99. The Morgan fingerprint density at radius 2 is 1.71 bits per heavy atom. The lowest BCUT2D eigenvalue weighted by molar-refractivity contribution is -0.141. The van der Waals surface area contributed by atoms with Crippen LogP contribution in [-0.4, -0.2) is 29.2 Å². The van der Waals surface area contributed by atoms with Crippen LogP contribution in [0.5, 0.6) is 0 Å². The standard InChI is InChI=1S/C22H20N2O4/c23-20(26)15-24-19-13-7-6-12-18(19)22(28,21(24)27)14-17(25)11-5-4-10-16-8-2-1-3-9-16/h1-13,28H,14-15H2,(H2,23,26)/b10-4+,11-5-/t22-/m1/s1. The summed E-state index contributed by atoms with van der Waals surface area (Å²) < 4.78 is 0. The Morgan fingerprint density at radius 3 is 2.43 bits per heavy atom. The molecule has 0 saturated heterocycles. The lowest BCUT2D eigenvalue weighted by Gasteiger charge is -2.21. The maximum atomic E-state index is 12.7. The van der Waals surface area contributed by atoms with Crippen LogP contribution in [0.2, 0.25) is 0 Å². The van der Waals surface area contributed by atoms with Gasteiger partial charge in [0.15, 0.2) is 11.4 Å². The van der Waals surface area contributed by atoms with E-state index in [4.69, 9.17) is 5.73 Å². The Morgan fingerprint density at radius 1 is 1.04 bits per heavy atom. The van der Waals surface area contributed by atoms with Crippen LogP contribution >= 0.6 is 0 Å². The summed E-state index contributed by atoms with van der Waals surface area (Å²) in [5, 5.41) is 11.0. The van der Waals surface area contributed by atoms with Crippen molar-refractivity contribution in [1.29, 1.82) is 0 Å². The fraction of sp³-hybridized carbons (Fsp3) is 0.136. The minimum absolute atomic E-state index is 0.294. The van der Waals surface area contributed by atoms with E-state index >= 15 is 0 Å². The highest BCUT2D eigenvalue weighted by atomic mass is 16.3. The molecule has 3 N–H and O–H groups in total. The van der Waals surface area contributed by atoms with E-state index in [1.165, 1.54) is 6.08 Å². The normalized spacial score (nSPS) is 18.8. The number of carbonyl (C=O) groups is 3. The van der Waals surface area contributed by atoms with Crippen molar-refractivity contribution in [3.63, 3.8) is 0 Å². The molecule has 0 spiro atoms. The molecule has 3 rings (SSSR count). The summed E-state index contributed by atoms with van der Waals surface area (Å²) in [5.74, 6) is -1.84. The van der Waals surface area contributed by atoms with Crippen LogP contribution in [-0.2, 0) is 20.0 Å². The van der Waals surface area contributed by atoms with Gasteiger partial charge in [-0.1, -0.05) is 66.8 Å². The van der Waals surface area contributed by atoms with Gasteiger partial charge in [-0.3, -0.25) is 19.3 Å². The van der Waals surface area contributed by atoms with Crippen LogP contribution in [0.1, 0.15) is 17.5 Å². The van der Waals surface area contributed by atoms with Crippen molar-refractivity contribution in [2.75, 3.05) is 11.4 Å². The summed E-state index contributed by atoms with van der Waals surface area (Å²) in [5.41, 5.74) is 4.86. The Bertz CT molecular complexity index is 966. The number of aliphatic hydroxyl groups is 1. The molecule has 0 saturated carbocycles. The topological polar surface area (TPSA) is 101 Å². The van der Waals surface area contributed by atoms with Crippen molar-refractivity contribution in [1.82, 2.24) is 0 Å². The summed E-state index contributed by atoms with van der Waals surface area (Å²) in [4.78, 5) is 37.5. The maximum absolute atomic E-state index is 12.7. The van der Waals surface area contributed by atoms with Crippen LogP contribution in [0.4, 0.5) is 5.69 Å². The van der Waals surface area contributed by atoms with Gasteiger partial charge in [-0.25, -0.2) is 0 Å².